The second-order valence-corrected chi connectivity index (χ2v) is 5.81. The van der Waals surface area contributed by atoms with Gasteiger partial charge in [0, 0.05) is 18.7 Å². The van der Waals surface area contributed by atoms with Gasteiger partial charge >= 0.3 is 0 Å². The highest BCUT2D eigenvalue weighted by atomic mass is 16.3. The Hall–Kier alpha value is -3.01. The average Bonchev–Trinajstić information content (AvgIpc) is 2.98. The van der Waals surface area contributed by atoms with E-state index >= 15 is 0 Å². The van der Waals surface area contributed by atoms with Crippen molar-refractivity contribution < 1.29 is 5.11 Å². The molecule has 0 fully saturated rings. The lowest BCUT2D eigenvalue weighted by atomic mass is 10.0. The van der Waals surface area contributed by atoms with Crippen LogP contribution in [0.4, 0.5) is 5.95 Å². The molecule has 0 unspecified atom stereocenters. The lowest BCUT2D eigenvalue weighted by molar-refractivity contribution is 0.470. The fourth-order valence-corrected chi connectivity index (χ4v) is 3.21. The van der Waals surface area contributed by atoms with Gasteiger partial charge in [-0.2, -0.15) is 0 Å². The van der Waals surface area contributed by atoms with Gasteiger partial charge in [0.1, 0.15) is 5.75 Å². The van der Waals surface area contributed by atoms with E-state index in [1.54, 1.807) is 6.07 Å². The van der Waals surface area contributed by atoms with E-state index in [0.29, 0.717) is 12.3 Å². The number of fused-ring (bicyclic) bond motifs is 2. The van der Waals surface area contributed by atoms with Crippen LogP contribution < -0.4 is 5.32 Å². The van der Waals surface area contributed by atoms with Crippen LogP contribution in [0.3, 0.4) is 0 Å². The third-order valence-electron chi connectivity index (χ3n) is 4.41. The van der Waals surface area contributed by atoms with Gasteiger partial charge in [0.05, 0.1) is 11.0 Å². The predicted molar refractivity (Wildman–Crippen MR) is 98.3 cm³/mol. The van der Waals surface area contributed by atoms with Crippen molar-refractivity contribution in [3.05, 3.63) is 66.2 Å². The van der Waals surface area contributed by atoms with Crippen LogP contribution in [0.1, 0.15) is 12.5 Å². The summed E-state index contributed by atoms with van der Waals surface area (Å²) < 4.78 is 2.15. The molecule has 4 aromatic rings. The quantitative estimate of drug-likeness (QED) is 0.581. The largest absolute Gasteiger partial charge is 0.508 e. The maximum atomic E-state index is 10.3. The van der Waals surface area contributed by atoms with Crippen molar-refractivity contribution in [1.82, 2.24) is 9.55 Å². The molecule has 0 amide bonds. The predicted octanol–water partition coefficient (Wildman–Crippen LogP) is 4.53. The van der Waals surface area contributed by atoms with Gasteiger partial charge in [0.15, 0.2) is 0 Å². The first-order valence-electron chi connectivity index (χ1n) is 8.16. The normalized spacial score (nSPS) is 11.2. The number of phenolic OH excluding ortho intramolecular Hbond substituents is 1. The molecule has 24 heavy (non-hydrogen) atoms. The van der Waals surface area contributed by atoms with E-state index in [4.69, 9.17) is 0 Å². The maximum absolute atomic E-state index is 10.3. The van der Waals surface area contributed by atoms with Crippen molar-refractivity contribution in [3.63, 3.8) is 0 Å². The number of nitrogens with zero attached hydrogens (tertiary/aromatic N) is 2. The Bertz CT molecular complexity index is 1020. The smallest absolute Gasteiger partial charge is 0.204 e. The van der Waals surface area contributed by atoms with Gasteiger partial charge in [0.25, 0.3) is 0 Å². The molecule has 0 saturated carbocycles. The Morgan fingerprint density at radius 1 is 1.00 bits per heavy atom. The maximum Gasteiger partial charge on any atom is 0.204 e. The van der Waals surface area contributed by atoms with Crippen LogP contribution in [0.5, 0.6) is 5.75 Å². The Labute approximate surface area is 140 Å². The lowest BCUT2D eigenvalue weighted by Crippen LogP contribution is -2.07. The van der Waals surface area contributed by atoms with Crippen molar-refractivity contribution >= 4 is 27.8 Å². The number of imidazole rings is 1. The highest BCUT2D eigenvalue weighted by Gasteiger charge is 2.11. The molecule has 0 saturated heterocycles. The Balaban J connectivity index is 1.72. The molecule has 4 nitrogen and oxygen atoms in total. The summed E-state index contributed by atoms with van der Waals surface area (Å²) in [5, 5.41) is 15.9. The minimum Gasteiger partial charge on any atom is -0.508 e. The summed E-state index contributed by atoms with van der Waals surface area (Å²) >= 11 is 0. The van der Waals surface area contributed by atoms with E-state index in [0.717, 1.165) is 39.9 Å². The summed E-state index contributed by atoms with van der Waals surface area (Å²) in [6.45, 7) is 3.47. The fraction of sp³-hybridized carbons (Fsp3) is 0.150. The van der Waals surface area contributed by atoms with Crippen LogP contribution in [0, 0.1) is 0 Å². The third-order valence-corrected chi connectivity index (χ3v) is 4.41. The Morgan fingerprint density at radius 2 is 1.79 bits per heavy atom. The SMILES string of the molecule is CCn1c(NCc2c(O)ccc3ccccc23)nc2ccccc21. The Kier molecular flexibility index (Phi) is 3.58. The zero-order valence-corrected chi connectivity index (χ0v) is 13.5. The van der Waals surface area contributed by atoms with Crippen molar-refractivity contribution in [2.24, 2.45) is 0 Å². The summed E-state index contributed by atoms with van der Waals surface area (Å²) in [5.74, 6) is 1.13. The molecule has 0 bridgehead atoms. The van der Waals surface area contributed by atoms with E-state index in [2.05, 4.69) is 33.9 Å². The van der Waals surface area contributed by atoms with Crippen LogP contribution >= 0.6 is 0 Å². The number of nitrogens with one attached hydrogen (secondary N) is 1. The zero-order valence-electron chi connectivity index (χ0n) is 13.5. The number of hydrogen-bond acceptors (Lipinski definition) is 3. The molecule has 0 radical (unpaired) electrons. The van der Waals surface area contributed by atoms with E-state index < -0.39 is 0 Å². The number of aromatic hydroxyl groups is 1. The topological polar surface area (TPSA) is 50.1 Å². The number of benzene rings is 3. The van der Waals surface area contributed by atoms with Crippen molar-refractivity contribution in [2.45, 2.75) is 20.0 Å². The first-order valence-corrected chi connectivity index (χ1v) is 8.16. The highest BCUT2D eigenvalue weighted by molar-refractivity contribution is 5.88. The second-order valence-electron chi connectivity index (χ2n) is 5.81. The van der Waals surface area contributed by atoms with Crippen LogP contribution in [0.2, 0.25) is 0 Å². The standard InChI is InChI=1S/C20H19N3O/c1-2-23-18-10-6-5-9-17(18)22-20(23)21-13-16-15-8-4-3-7-14(15)11-12-19(16)24/h3-12,24H,2,13H2,1H3,(H,21,22). The Morgan fingerprint density at radius 3 is 2.67 bits per heavy atom. The summed E-state index contributed by atoms with van der Waals surface area (Å²) in [7, 11) is 0. The molecule has 2 N–H and O–H groups in total. The van der Waals surface area contributed by atoms with Gasteiger partial charge in [0.2, 0.25) is 5.95 Å². The number of rotatable bonds is 4. The molecule has 4 rings (SSSR count). The molecule has 0 spiro atoms. The minimum atomic E-state index is 0.306. The first-order chi connectivity index (χ1) is 11.8. The molecule has 0 aliphatic carbocycles. The number of aromatic nitrogens is 2. The first kappa shape index (κ1) is 14.6. The molecule has 1 aromatic heterocycles. The molecule has 120 valence electrons. The van der Waals surface area contributed by atoms with Gasteiger partial charge in [-0.3, -0.25) is 0 Å². The average molecular weight is 317 g/mol. The molecule has 4 heteroatoms. The van der Waals surface area contributed by atoms with Crippen molar-refractivity contribution in [1.29, 1.82) is 0 Å². The monoisotopic (exact) mass is 317 g/mol. The fourth-order valence-electron chi connectivity index (χ4n) is 3.21. The van der Waals surface area contributed by atoms with Gasteiger partial charge in [-0.05, 0) is 35.9 Å². The van der Waals surface area contributed by atoms with Gasteiger partial charge < -0.3 is 15.0 Å². The molecule has 1 heterocycles. The van der Waals surface area contributed by atoms with Crippen LogP contribution in [0.25, 0.3) is 21.8 Å². The summed E-state index contributed by atoms with van der Waals surface area (Å²) in [5.41, 5.74) is 2.98. The second kappa shape index (κ2) is 5.89. The van der Waals surface area contributed by atoms with Crippen molar-refractivity contribution in [2.75, 3.05) is 5.32 Å². The van der Waals surface area contributed by atoms with E-state index in [9.17, 15) is 5.11 Å². The number of anilines is 1. The minimum absolute atomic E-state index is 0.306. The van der Waals surface area contributed by atoms with Gasteiger partial charge in [-0.15, -0.1) is 0 Å². The molecular formula is C20H19N3O. The zero-order chi connectivity index (χ0) is 16.5. The van der Waals surface area contributed by atoms with Gasteiger partial charge in [-0.25, -0.2) is 4.98 Å². The van der Waals surface area contributed by atoms with E-state index in [1.165, 1.54) is 0 Å². The summed E-state index contributed by atoms with van der Waals surface area (Å²) in [4.78, 5) is 4.68. The molecule has 0 atom stereocenters. The van der Waals surface area contributed by atoms with E-state index in [-0.39, 0.29) is 0 Å². The number of aryl methyl sites for hydroxylation is 1. The summed E-state index contributed by atoms with van der Waals surface area (Å²) in [6, 6.07) is 19.9. The highest BCUT2D eigenvalue weighted by Crippen LogP contribution is 2.28. The number of para-hydroxylation sites is 2. The molecule has 0 aliphatic heterocycles. The summed E-state index contributed by atoms with van der Waals surface area (Å²) in [6.07, 6.45) is 0. The molecule has 3 aromatic carbocycles. The van der Waals surface area contributed by atoms with Crippen molar-refractivity contribution in [3.8, 4) is 5.75 Å². The van der Waals surface area contributed by atoms with Crippen LogP contribution in [0.15, 0.2) is 60.7 Å². The van der Waals surface area contributed by atoms with Gasteiger partial charge in [-0.1, -0.05) is 42.5 Å². The van der Waals surface area contributed by atoms with E-state index in [1.807, 2.05) is 42.5 Å². The lowest BCUT2D eigenvalue weighted by Gasteiger charge is -2.12. The molecule has 0 aliphatic rings. The van der Waals surface area contributed by atoms with Crippen LogP contribution in [-0.2, 0) is 13.1 Å². The molecular weight excluding hydrogens is 298 g/mol. The van der Waals surface area contributed by atoms with Crippen LogP contribution in [-0.4, -0.2) is 14.7 Å². The number of phenols is 1. The number of hydrogen-bond donors (Lipinski definition) is 2. The third kappa shape index (κ3) is 2.36.